The van der Waals surface area contributed by atoms with Gasteiger partial charge in [0.05, 0.1) is 12.2 Å². The molecule has 0 saturated heterocycles. The molecule has 19 heavy (non-hydrogen) atoms. The molecule has 0 saturated carbocycles. The Balaban J connectivity index is -0.00000128. The number of rotatable bonds is 8. The number of ether oxygens (including phenoxy) is 3. The second-order valence-corrected chi connectivity index (χ2v) is 4.10. The summed E-state index contributed by atoms with van der Waals surface area (Å²) in [7, 11) is 1.56. The molecule has 0 spiro atoms. The van der Waals surface area contributed by atoms with Crippen molar-refractivity contribution >= 4 is 23.1 Å². The van der Waals surface area contributed by atoms with Crippen LogP contribution in [0, 0.1) is 0 Å². The van der Waals surface area contributed by atoms with Crippen LogP contribution in [-0.2, 0) is 14.2 Å². The molecule has 0 aliphatic heterocycles. The first-order chi connectivity index (χ1) is 7.99. The number of methoxy groups -OCH3 is 1. The van der Waals surface area contributed by atoms with Crippen LogP contribution in [0.25, 0.3) is 0 Å². The van der Waals surface area contributed by atoms with Gasteiger partial charge in [0.25, 0.3) is 0 Å². The molecule has 0 aromatic carbocycles. The summed E-state index contributed by atoms with van der Waals surface area (Å²) in [6, 6.07) is 0. The second-order valence-electron chi connectivity index (χ2n) is 4.10. The Morgan fingerprint density at radius 3 is 2.26 bits per heavy atom. The van der Waals surface area contributed by atoms with Crippen molar-refractivity contribution in [2.75, 3.05) is 20.5 Å². The maximum absolute atomic E-state index is 11.4. The molecule has 4 nitrogen and oxygen atoms in total. The zero-order valence-electron chi connectivity index (χ0n) is 12.5. The Morgan fingerprint density at radius 1 is 1.32 bits per heavy atom. The zero-order valence-corrected chi connectivity index (χ0v) is 15.5. The summed E-state index contributed by atoms with van der Waals surface area (Å²) in [5.74, 6) is -0.342. The molecule has 6 heteroatoms. The third kappa shape index (κ3) is 10.7. The van der Waals surface area contributed by atoms with Gasteiger partial charge in [0, 0.05) is 13.1 Å². The monoisotopic (exact) mass is 346 g/mol. The molecule has 108 valence electrons. The van der Waals surface area contributed by atoms with Crippen molar-refractivity contribution < 1.29 is 36.3 Å². The Kier molecular flexibility index (Phi) is 16.9. The van der Waals surface area contributed by atoms with E-state index in [1.165, 1.54) is 6.08 Å². The van der Waals surface area contributed by atoms with Crippen LogP contribution in [0.1, 0.15) is 34.1 Å². The molecule has 0 aromatic heterocycles. The number of hydrogen-bond acceptors (Lipinski definition) is 4. The predicted molar refractivity (Wildman–Crippen MR) is 70.9 cm³/mol. The van der Waals surface area contributed by atoms with E-state index in [0.29, 0.717) is 13.0 Å². The van der Waals surface area contributed by atoms with E-state index in [1.807, 2.05) is 26.8 Å². The van der Waals surface area contributed by atoms with Gasteiger partial charge in [-0.05, 0) is 27.2 Å². The van der Waals surface area contributed by atoms with E-state index in [-0.39, 0.29) is 52.8 Å². The summed E-state index contributed by atoms with van der Waals surface area (Å²) < 4.78 is 15.6. The van der Waals surface area contributed by atoms with Crippen LogP contribution >= 0.6 is 0 Å². The minimum absolute atomic E-state index is 0. The first-order valence-corrected chi connectivity index (χ1v) is 5.74. The van der Waals surface area contributed by atoms with Gasteiger partial charge in [0.1, 0.15) is 6.79 Å². The molecule has 0 fully saturated rings. The second kappa shape index (κ2) is 13.2. The summed E-state index contributed by atoms with van der Waals surface area (Å²) in [4.78, 5) is 0. The summed E-state index contributed by atoms with van der Waals surface area (Å²) >= 11 is 0. The third-order valence-corrected chi connectivity index (χ3v) is 2.24. The first kappa shape index (κ1) is 24.3. The van der Waals surface area contributed by atoms with Gasteiger partial charge in [-0.2, -0.15) is 0 Å². The SMILES string of the molecule is C/C=C(\[O-])OC(C=C(C)C)(CC)COCOC.[Br-].[Mg+2]. The van der Waals surface area contributed by atoms with E-state index in [1.54, 1.807) is 14.0 Å². The van der Waals surface area contributed by atoms with Gasteiger partial charge in [-0.1, -0.05) is 24.6 Å². The molecule has 0 aliphatic rings. The Labute approximate surface area is 143 Å². The summed E-state index contributed by atoms with van der Waals surface area (Å²) in [5, 5.41) is 11.4. The number of allylic oxidation sites excluding steroid dienone is 2. The Bertz CT molecular complexity index is 278. The van der Waals surface area contributed by atoms with Gasteiger partial charge in [-0.15, -0.1) is 0 Å². The van der Waals surface area contributed by atoms with E-state index in [4.69, 9.17) is 14.2 Å². The molecule has 0 amide bonds. The van der Waals surface area contributed by atoms with E-state index in [9.17, 15) is 5.11 Å². The van der Waals surface area contributed by atoms with Gasteiger partial charge >= 0.3 is 23.1 Å². The van der Waals surface area contributed by atoms with E-state index < -0.39 is 5.60 Å². The summed E-state index contributed by atoms with van der Waals surface area (Å²) in [6.45, 7) is 8.02. The van der Waals surface area contributed by atoms with Crippen LogP contribution in [0.15, 0.2) is 23.7 Å². The fourth-order valence-electron chi connectivity index (χ4n) is 1.46. The van der Waals surface area contributed by atoms with E-state index in [0.717, 1.165) is 5.57 Å². The van der Waals surface area contributed by atoms with Crippen molar-refractivity contribution in [1.82, 2.24) is 0 Å². The van der Waals surface area contributed by atoms with Crippen LogP contribution < -0.4 is 22.1 Å². The van der Waals surface area contributed by atoms with E-state index in [2.05, 4.69) is 0 Å². The van der Waals surface area contributed by atoms with Crippen LogP contribution in [0.4, 0.5) is 0 Å². The quantitative estimate of drug-likeness (QED) is 0.178. The van der Waals surface area contributed by atoms with Crippen LogP contribution in [0.2, 0.25) is 0 Å². The van der Waals surface area contributed by atoms with Crippen LogP contribution in [-0.4, -0.2) is 49.2 Å². The molecule has 1 unspecified atom stereocenters. The van der Waals surface area contributed by atoms with Crippen LogP contribution in [0.5, 0.6) is 0 Å². The van der Waals surface area contributed by atoms with Crippen LogP contribution in [0.3, 0.4) is 0 Å². The fourth-order valence-corrected chi connectivity index (χ4v) is 1.46. The van der Waals surface area contributed by atoms with Crippen molar-refractivity contribution in [3.8, 4) is 0 Å². The molecule has 0 N–H and O–H groups in total. The van der Waals surface area contributed by atoms with Crippen molar-refractivity contribution in [2.24, 2.45) is 0 Å². The molecule has 0 radical (unpaired) electrons. The molecule has 0 rings (SSSR count). The summed E-state index contributed by atoms with van der Waals surface area (Å²) in [6.07, 6.45) is 3.98. The van der Waals surface area contributed by atoms with E-state index >= 15 is 0 Å². The minimum Gasteiger partial charge on any atom is -1.00 e. The molecular weight excluding hydrogens is 324 g/mol. The van der Waals surface area contributed by atoms with Gasteiger partial charge in [0.15, 0.2) is 0 Å². The molecule has 0 aromatic rings. The molecule has 0 bridgehead atoms. The maximum Gasteiger partial charge on any atom is 2.00 e. The first-order valence-electron chi connectivity index (χ1n) is 5.74. The molecule has 0 aliphatic carbocycles. The fraction of sp³-hybridized carbons (Fsp3) is 0.692. The third-order valence-electron chi connectivity index (χ3n) is 2.24. The zero-order chi connectivity index (χ0) is 13.3. The summed E-state index contributed by atoms with van der Waals surface area (Å²) in [5.41, 5.74) is 0.373. The van der Waals surface area contributed by atoms with Crippen molar-refractivity contribution in [1.29, 1.82) is 0 Å². The van der Waals surface area contributed by atoms with Crippen molar-refractivity contribution in [2.45, 2.75) is 39.7 Å². The maximum atomic E-state index is 11.4. The largest absolute Gasteiger partial charge is 2.00 e. The molecule has 0 heterocycles. The topological polar surface area (TPSA) is 50.8 Å². The minimum atomic E-state index is -0.707. The molecule has 1 atom stereocenters. The predicted octanol–water partition coefficient (Wildman–Crippen LogP) is -1.42. The van der Waals surface area contributed by atoms with Gasteiger partial charge < -0.3 is 36.3 Å². The Morgan fingerprint density at radius 2 is 1.89 bits per heavy atom. The Hall–Kier alpha value is 0.246. The normalized spacial score (nSPS) is 13.6. The van der Waals surface area contributed by atoms with Gasteiger partial charge in [0.2, 0.25) is 0 Å². The number of hydrogen-bond donors (Lipinski definition) is 0. The van der Waals surface area contributed by atoms with Crippen molar-refractivity contribution in [3.63, 3.8) is 0 Å². The smallest absolute Gasteiger partial charge is 1.00 e. The van der Waals surface area contributed by atoms with Gasteiger partial charge in [-0.3, -0.25) is 0 Å². The molecular formula is C13H23BrMgO4. The van der Waals surface area contributed by atoms with Crippen molar-refractivity contribution in [3.05, 3.63) is 23.7 Å². The standard InChI is InChI=1S/C13H24O4.BrH.Mg/c1-6-12(14)17-13(7-2,8-11(3)4)9-16-10-15-5;;/h6,8,14H,7,9-10H2,1-5H3;1H;/q;;+2/p-2/b12-6+;;. The number of halogens is 1. The van der Waals surface area contributed by atoms with Gasteiger partial charge in [-0.25, -0.2) is 0 Å². The average molecular weight is 348 g/mol. The average Bonchev–Trinajstić information content (AvgIpc) is 2.28.